The number of amides is 1. The van der Waals surface area contributed by atoms with Crippen molar-refractivity contribution in [1.29, 1.82) is 0 Å². The van der Waals surface area contributed by atoms with Gasteiger partial charge in [0.25, 0.3) is 5.91 Å². The van der Waals surface area contributed by atoms with Crippen LogP contribution in [0.2, 0.25) is 0 Å². The molecule has 1 aromatic carbocycles. The van der Waals surface area contributed by atoms with E-state index in [4.69, 9.17) is 4.74 Å². The van der Waals surface area contributed by atoms with Crippen LogP contribution in [0.4, 0.5) is 13.2 Å². The summed E-state index contributed by atoms with van der Waals surface area (Å²) in [6, 6.07) is 4.67. The van der Waals surface area contributed by atoms with E-state index in [-0.39, 0.29) is 5.91 Å². The number of hydrogen-bond acceptors (Lipinski definition) is 6. The van der Waals surface area contributed by atoms with Gasteiger partial charge in [0.1, 0.15) is 10.8 Å². The first-order chi connectivity index (χ1) is 15.2. The number of nitrogens with zero attached hydrogens (tertiary/aromatic N) is 3. The molecule has 1 unspecified atom stereocenters. The quantitative estimate of drug-likeness (QED) is 0.522. The van der Waals surface area contributed by atoms with E-state index in [9.17, 15) is 18.0 Å². The Morgan fingerprint density at radius 2 is 1.91 bits per heavy atom. The molecule has 0 aliphatic heterocycles. The molecule has 1 saturated carbocycles. The number of alkyl halides is 3. The summed E-state index contributed by atoms with van der Waals surface area (Å²) in [5.41, 5.74) is 1.51. The Hall–Kier alpha value is -3.01. The second kappa shape index (κ2) is 8.85. The maximum absolute atomic E-state index is 12.9. The van der Waals surface area contributed by atoms with E-state index in [1.807, 2.05) is 13.0 Å². The Morgan fingerprint density at radius 1 is 1.19 bits per heavy atom. The molecule has 1 fully saturated rings. The number of aromatic nitrogens is 3. The van der Waals surface area contributed by atoms with Gasteiger partial charge in [-0.2, -0.15) is 13.2 Å². The van der Waals surface area contributed by atoms with Gasteiger partial charge in [-0.05, 0) is 50.8 Å². The summed E-state index contributed by atoms with van der Waals surface area (Å²) in [7, 11) is 0. The molecule has 10 heteroatoms. The third-order valence-corrected chi connectivity index (χ3v) is 5.95. The molecule has 32 heavy (non-hydrogen) atoms. The predicted octanol–water partition coefficient (Wildman–Crippen LogP) is 5.21. The van der Waals surface area contributed by atoms with E-state index in [1.54, 1.807) is 25.3 Å². The fraction of sp³-hybridized carbons (Fsp3) is 0.364. The number of benzene rings is 1. The van der Waals surface area contributed by atoms with Crippen LogP contribution in [-0.4, -0.2) is 27.5 Å². The normalized spacial score (nSPS) is 14.8. The van der Waals surface area contributed by atoms with Crippen LogP contribution >= 0.6 is 11.3 Å². The zero-order valence-corrected chi connectivity index (χ0v) is 18.3. The number of carbonyl (C=O) groups is 1. The minimum absolute atomic E-state index is 0.364. The Morgan fingerprint density at radius 3 is 2.50 bits per heavy atom. The van der Waals surface area contributed by atoms with Crippen molar-refractivity contribution in [2.24, 2.45) is 5.92 Å². The summed E-state index contributed by atoms with van der Waals surface area (Å²) in [4.78, 5) is 25.1. The lowest BCUT2D eigenvalue weighted by atomic mass is 10.1. The molecule has 0 saturated heterocycles. The molecule has 2 heterocycles. The summed E-state index contributed by atoms with van der Waals surface area (Å²) in [5.74, 6) is -0.469. The van der Waals surface area contributed by atoms with Gasteiger partial charge < -0.3 is 10.1 Å². The van der Waals surface area contributed by atoms with Crippen molar-refractivity contribution in [2.75, 3.05) is 6.61 Å². The summed E-state index contributed by atoms with van der Waals surface area (Å²) in [5, 5.41) is 3.56. The number of rotatable bonds is 7. The number of aryl methyl sites for hydroxylation is 1. The fourth-order valence-corrected chi connectivity index (χ4v) is 3.75. The monoisotopic (exact) mass is 462 g/mol. The molecule has 6 nitrogen and oxygen atoms in total. The number of thiazole rings is 1. The number of nitrogens with one attached hydrogen (secondary N) is 1. The summed E-state index contributed by atoms with van der Waals surface area (Å²) < 4.78 is 43.9. The molecule has 1 aliphatic carbocycles. The van der Waals surface area contributed by atoms with Crippen molar-refractivity contribution in [3.05, 3.63) is 58.6 Å². The Balaban J connectivity index is 1.54. The molecule has 1 N–H and O–H groups in total. The predicted molar refractivity (Wildman–Crippen MR) is 113 cm³/mol. The standard InChI is InChI=1S/C22H21F3N4O2S/c1-12-8-26-20(32-12)16-5-15(6-18(7-16)31-11-14-3-4-14)19(30)29-13(2)17-9-27-21(28-10-17)22(23,24)25/h5-10,13-14H,3-4,11H2,1-2H3,(H,29,30). The first-order valence-electron chi connectivity index (χ1n) is 10.1. The highest BCUT2D eigenvalue weighted by Gasteiger charge is 2.34. The number of halogens is 3. The molecule has 1 amide bonds. The smallest absolute Gasteiger partial charge is 0.451 e. The maximum atomic E-state index is 12.9. The van der Waals surface area contributed by atoms with Crippen LogP contribution in [0.5, 0.6) is 5.75 Å². The molecule has 1 aliphatic rings. The van der Waals surface area contributed by atoms with E-state index in [1.165, 1.54) is 11.3 Å². The first kappa shape index (κ1) is 22.2. The average molecular weight is 462 g/mol. The Bertz CT molecular complexity index is 1110. The maximum Gasteiger partial charge on any atom is 0.451 e. The van der Waals surface area contributed by atoms with Crippen molar-refractivity contribution < 1.29 is 22.7 Å². The van der Waals surface area contributed by atoms with Crippen molar-refractivity contribution in [3.8, 4) is 16.3 Å². The first-order valence-corrected chi connectivity index (χ1v) is 10.9. The lowest BCUT2D eigenvalue weighted by Crippen LogP contribution is -2.27. The van der Waals surface area contributed by atoms with Gasteiger partial charge in [0.2, 0.25) is 5.82 Å². The largest absolute Gasteiger partial charge is 0.493 e. The van der Waals surface area contributed by atoms with Gasteiger partial charge in [-0.1, -0.05) is 0 Å². The van der Waals surface area contributed by atoms with Gasteiger partial charge >= 0.3 is 6.18 Å². The van der Waals surface area contributed by atoms with E-state index in [0.29, 0.717) is 29.4 Å². The van der Waals surface area contributed by atoms with Gasteiger partial charge in [0.05, 0.1) is 12.6 Å². The molecule has 2 aromatic heterocycles. The second-order valence-electron chi connectivity index (χ2n) is 7.81. The zero-order valence-electron chi connectivity index (χ0n) is 17.4. The van der Waals surface area contributed by atoms with E-state index < -0.39 is 18.0 Å². The van der Waals surface area contributed by atoms with E-state index in [0.717, 1.165) is 40.7 Å². The van der Waals surface area contributed by atoms with Crippen LogP contribution in [0.1, 0.15) is 52.4 Å². The molecule has 3 aromatic rings. The minimum atomic E-state index is -4.61. The number of ether oxygens (including phenoxy) is 1. The summed E-state index contributed by atoms with van der Waals surface area (Å²) in [6.45, 7) is 4.21. The van der Waals surface area contributed by atoms with Crippen LogP contribution in [0, 0.1) is 12.8 Å². The van der Waals surface area contributed by atoms with Crippen molar-refractivity contribution in [2.45, 2.75) is 38.9 Å². The molecular weight excluding hydrogens is 441 g/mol. The second-order valence-corrected chi connectivity index (χ2v) is 9.04. The highest BCUT2D eigenvalue weighted by molar-refractivity contribution is 7.14. The summed E-state index contributed by atoms with van der Waals surface area (Å²) >= 11 is 1.51. The van der Waals surface area contributed by atoms with Gasteiger partial charge in [-0.3, -0.25) is 4.79 Å². The van der Waals surface area contributed by atoms with Crippen molar-refractivity contribution in [3.63, 3.8) is 0 Å². The molecular formula is C22H21F3N4O2S. The van der Waals surface area contributed by atoms with E-state index in [2.05, 4.69) is 20.3 Å². The molecule has 0 radical (unpaired) electrons. The van der Waals surface area contributed by atoms with Crippen LogP contribution in [0.25, 0.3) is 10.6 Å². The average Bonchev–Trinajstić information content (AvgIpc) is 3.49. The Labute approximate surface area is 186 Å². The van der Waals surface area contributed by atoms with Crippen LogP contribution in [0.15, 0.2) is 36.8 Å². The van der Waals surface area contributed by atoms with Gasteiger partial charge in [0.15, 0.2) is 0 Å². The van der Waals surface area contributed by atoms with Gasteiger partial charge in [-0.25, -0.2) is 15.0 Å². The molecule has 168 valence electrons. The summed E-state index contributed by atoms with van der Waals surface area (Å²) in [6.07, 6.45) is 1.58. The minimum Gasteiger partial charge on any atom is -0.493 e. The van der Waals surface area contributed by atoms with E-state index >= 15 is 0 Å². The SMILES string of the molecule is Cc1cnc(-c2cc(OCC3CC3)cc(C(=O)NC(C)c3cnc(C(F)(F)F)nc3)c2)s1. The lowest BCUT2D eigenvalue weighted by molar-refractivity contribution is -0.145. The van der Waals surface area contributed by atoms with Crippen LogP contribution in [0.3, 0.4) is 0 Å². The van der Waals surface area contributed by atoms with Crippen LogP contribution < -0.4 is 10.1 Å². The molecule has 1 atom stereocenters. The number of carbonyl (C=O) groups excluding carboxylic acids is 1. The third-order valence-electron chi connectivity index (χ3n) is 4.99. The van der Waals surface area contributed by atoms with Crippen molar-refractivity contribution >= 4 is 17.2 Å². The highest BCUT2D eigenvalue weighted by Crippen LogP contribution is 2.33. The fourth-order valence-electron chi connectivity index (χ4n) is 3.00. The number of hydrogen-bond donors (Lipinski definition) is 1. The zero-order chi connectivity index (χ0) is 22.9. The topological polar surface area (TPSA) is 77.0 Å². The Kier molecular flexibility index (Phi) is 6.14. The third kappa shape index (κ3) is 5.42. The molecule has 0 bridgehead atoms. The van der Waals surface area contributed by atoms with Crippen LogP contribution in [-0.2, 0) is 6.18 Å². The molecule has 4 rings (SSSR count). The highest BCUT2D eigenvalue weighted by atomic mass is 32.1. The van der Waals surface area contributed by atoms with Gasteiger partial charge in [-0.15, -0.1) is 11.3 Å². The molecule has 0 spiro atoms. The lowest BCUT2D eigenvalue weighted by Gasteiger charge is -2.16. The van der Waals surface area contributed by atoms with Crippen molar-refractivity contribution in [1.82, 2.24) is 20.3 Å². The van der Waals surface area contributed by atoms with Gasteiger partial charge in [0, 0.05) is 40.2 Å².